The Morgan fingerprint density at radius 1 is 1.05 bits per heavy atom. The van der Waals surface area contributed by atoms with Gasteiger partial charge in [-0.3, -0.25) is 4.79 Å². The molecule has 110 valence electrons. The van der Waals surface area contributed by atoms with Gasteiger partial charge in [-0.1, -0.05) is 17.7 Å². The van der Waals surface area contributed by atoms with Gasteiger partial charge in [0.25, 0.3) is 5.91 Å². The molecule has 0 spiro atoms. The highest BCUT2D eigenvalue weighted by Crippen LogP contribution is 2.21. The first-order chi connectivity index (χ1) is 9.93. The number of carbonyl (C=O) groups is 1. The van der Waals surface area contributed by atoms with Crippen LogP contribution in [0, 0.1) is 25.5 Å². The summed E-state index contributed by atoms with van der Waals surface area (Å²) >= 11 is 0. The van der Waals surface area contributed by atoms with Crippen molar-refractivity contribution in [3.63, 3.8) is 0 Å². The van der Waals surface area contributed by atoms with E-state index in [4.69, 9.17) is 0 Å². The molecule has 0 bridgehead atoms. The predicted octanol–water partition coefficient (Wildman–Crippen LogP) is 4.25. The first kappa shape index (κ1) is 15.2. The Balaban J connectivity index is 2.40. The van der Waals surface area contributed by atoms with E-state index in [1.165, 1.54) is 11.0 Å². The van der Waals surface area contributed by atoms with Crippen LogP contribution in [0.4, 0.5) is 14.5 Å². The molecule has 0 aliphatic heterocycles. The molecular formula is C17H17F2NO. The van der Waals surface area contributed by atoms with Gasteiger partial charge < -0.3 is 4.90 Å². The minimum absolute atomic E-state index is 0.221. The molecule has 21 heavy (non-hydrogen) atoms. The van der Waals surface area contributed by atoms with Crippen molar-refractivity contribution in [2.75, 3.05) is 11.4 Å². The quantitative estimate of drug-likeness (QED) is 0.827. The van der Waals surface area contributed by atoms with Crippen molar-refractivity contribution in [3.8, 4) is 0 Å². The van der Waals surface area contributed by atoms with Gasteiger partial charge in [-0.2, -0.15) is 0 Å². The van der Waals surface area contributed by atoms with Gasteiger partial charge in [0.2, 0.25) is 0 Å². The second-order valence-electron chi connectivity index (χ2n) is 4.97. The molecule has 0 unspecified atom stereocenters. The zero-order chi connectivity index (χ0) is 15.6. The SMILES string of the molecule is CCN(C(=O)c1ccc(C)cc1C)c1ccc(F)c(F)c1. The van der Waals surface area contributed by atoms with E-state index in [0.29, 0.717) is 17.8 Å². The van der Waals surface area contributed by atoms with E-state index in [9.17, 15) is 13.6 Å². The lowest BCUT2D eigenvalue weighted by atomic mass is 10.0. The fourth-order valence-electron chi connectivity index (χ4n) is 2.30. The van der Waals surface area contributed by atoms with Gasteiger partial charge in [0.05, 0.1) is 0 Å². The van der Waals surface area contributed by atoms with Gasteiger partial charge in [0.15, 0.2) is 11.6 Å². The Morgan fingerprint density at radius 2 is 1.76 bits per heavy atom. The van der Waals surface area contributed by atoms with Gasteiger partial charge in [0, 0.05) is 23.9 Å². The lowest BCUT2D eigenvalue weighted by Gasteiger charge is -2.22. The molecule has 0 aromatic heterocycles. The smallest absolute Gasteiger partial charge is 0.258 e. The van der Waals surface area contributed by atoms with Crippen molar-refractivity contribution in [2.45, 2.75) is 20.8 Å². The highest BCUT2D eigenvalue weighted by Gasteiger charge is 2.19. The number of amides is 1. The number of hydrogen-bond donors (Lipinski definition) is 0. The summed E-state index contributed by atoms with van der Waals surface area (Å²) in [7, 11) is 0. The Labute approximate surface area is 123 Å². The lowest BCUT2D eigenvalue weighted by Crippen LogP contribution is -2.31. The maximum atomic E-state index is 13.4. The molecule has 0 aliphatic carbocycles. The normalized spacial score (nSPS) is 10.5. The zero-order valence-electron chi connectivity index (χ0n) is 12.3. The minimum atomic E-state index is -0.959. The van der Waals surface area contributed by atoms with Gasteiger partial charge in [0.1, 0.15) is 0 Å². The summed E-state index contributed by atoms with van der Waals surface area (Å²) in [6.45, 7) is 5.98. The van der Waals surface area contributed by atoms with Crippen LogP contribution < -0.4 is 4.90 Å². The molecule has 0 fully saturated rings. The van der Waals surface area contributed by atoms with Crippen LogP contribution in [0.5, 0.6) is 0 Å². The standard InChI is InChI=1S/C17H17F2NO/c1-4-20(13-6-8-15(18)16(19)10-13)17(21)14-7-5-11(2)9-12(14)3/h5-10H,4H2,1-3H3. The summed E-state index contributed by atoms with van der Waals surface area (Å²) in [5.41, 5.74) is 2.84. The number of benzene rings is 2. The van der Waals surface area contributed by atoms with Crippen molar-refractivity contribution in [2.24, 2.45) is 0 Å². The third-order valence-electron chi connectivity index (χ3n) is 3.39. The highest BCUT2D eigenvalue weighted by atomic mass is 19.2. The average Bonchev–Trinajstić information content (AvgIpc) is 2.43. The van der Waals surface area contributed by atoms with E-state index in [2.05, 4.69) is 0 Å². The van der Waals surface area contributed by atoms with Gasteiger partial charge in [-0.25, -0.2) is 8.78 Å². The molecule has 0 heterocycles. The van der Waals surface area contributed by atoms with Crippen LogP contribution in [0.1, 0.15) is 28.4 Å². The summed E-state index contributed by atoms with van der Waals surface area (Å²) < 4.78 is 26.4. The Bertz CT molecular complexity index is 682. The van der Waals surface area contributed by atoms with Crippen molar-refractivity contribution in [1.29, 1.82) is 0 Å². The fourth-order valence-corrected chi connectivity index (χ4v) is 2.30. The molecule has 0 atom stereocenters. The number of halogens is 2. The Morgan fingerprint density at radius 3 is 2.33 bits per heavy atom. The van der Waals surface area contributed by atoms with Gasteiger partial charge in [-0.15, -0.1) is 0 Å². The van der Waals surface area contributed by atoms with Crippen LogP contribution in [-0.4, -0.2) is 12.5 Å². The van der Waals surface area contributed by atoms with E-state index >= 15 is 0 Å². The van der Waals surface area contributed by atoms with Crippen LogP contribution in [0.15, 0.2) is 36.4 Å². The average molecular weight is 289 g/mol. The second kappa shape index (κ2) is 6.04. The summed E-state index contributed by atoms with van der Waals surface area (Å²) in [4.78, 5) is 14.0. The summed E-state index contributed by atoms with van der Waals surface area (Å²) in [5, 5.41) is 0. The minimum Gasteiger partial charge on any atom is -0.309 e. The number of aryl methyl sites for hydroxylation is 2. The molecule has 4 heteroatoms. The van der Waals surface area contributed by atoms with E-state index in [1.54, 1.807) is 13.0 Å². The van der Waals surface area contributed by atoms with Crippen LogP contribution in [0.3, 0.4) is 0 Å². The molecule has 2 rings (SSSR count). The molecule has 0 saturated heterocycles. The van der Waals surface area contributed by atoms with Crippen molar-refractivity contribution >= 4 is 11.6 Å². The summed E-state index contributed by atoms with van der Waals surface area (Å²) in [6, 6.07) is 9.02. The molecule has 2 aromatic rings. The molecule has 0 aliphatic rings. The maximum absolute atomic E-state index is 13.4. The number of carbonyl (C=O) groups excluding carboxylic acids is 1. The molecule has 0 saturated carbocycles. The molecule has 2 aromatic carbocycles. The number of hydrogen-bond acceptors (Lipinski definition) is 1. The van der Waals surface area contributed by atoms with Crippen molar-refractivity contribution in [1.82, 2.24) is 0 Å². The van der Waals surface area contributed by atoms with Crippen molar-refractivity contribution < 1.29 is 13.6 Å². The fraction of sp³-hybridized carbons (Fsp3) is 0.235. The largest absolute Gasteiger partial charge is 0.309 e. The topological polar surface area (TPSA) is 20.3 Å². The Kier molecular flexibility index (Phi) is 4.36. The molecule has 1 amide bonds. The number of anilines is 1. The first-order valence-corrected chi connectivity index (χ1v) is 6.78. The van der Waals surface area contributed by atoms with Crippen LogP contribution in [0.25, 0.3) is 0 Å². The third kappa shape index (κ3) is 3.10. The Hall–Kier alpha value is -2.23. The third-order valence-corrected chi connectivity index (χ3v) is 3.39. The van der Waals surface area contributed by atoms with Crippen LogP contribution in [0.2, 0.25) is 0 Å². The zero-order valence-corrected chi connectivity index (χ0v) is 12.3. The van der Waals surface area contributed by atoms with Gasteiger partial charge in [-0.05, 0) is 44.5 Å². The predicted molar refractivity (Wildman–Crippen MR) is 79.6 cm³/mol. The highest BCUT2D eigenvalue weighted by molar-refractivity contribution is 6.07. The molecule has 0 radical (unpaired) electrons. The van der Waals surface area contributed by atoms with E-state index < -0.39 is 11.6 Å². The molecular weight excluding hydrogens is 272 g/mol. The summed E-state index contributed by atoms with van der Waals surface area (Å²) in [5.74, 6) is -2.10. The van der Waals surface area contributed by atoms with Gasteiger partial charge >= 0.3 is 0 Å². The second-order valence-corrected chi connectivity index (χ2v) is 4.97. The molecule has 2 nitrogen and oxygen atoms in total. The maximum Gasteiger partial charge on any atom is 0.258 e. The molecule has 0 N–H and O–H groups in total. The van der Waals surface area contributed by atoms with E-state index in [1.807, 2.05) is 26.0 Å². The van der Waals surface area contributed by atoms with Crippen LogP contribution >= 0.6 is 0 Å². The number of rotatable bonds is 3. The lowest BCUT2D eigenvalue weighted by molar-refractivity contribution is 0.0987. The van der Waals surface area contributed by atoms with Crippen LogP contribution in [-0.2, 0) is 0 Å². The van der Waals surface area contributed by atoms with E-state index in [-0.39, 0.29) is 5.91 Å². The summed E-state index contributed by atoms with van der Waals surface area (Å²) in [6.07, 6.45) is 0. The van der Waals surface area contributed by atoms with Crippen molar-refractivity contribution in [3.05, 3.63) is 64.7 Å². The van der Waals surface area contributed by atoms with E-state index in [0.717, 1.165) is 23.3 Å². The number of nitrogens with zero attached hydrogens (tertiary/aromatic N) is 1. The monoisotopic (exact) mass is 289 g/mol. The first-order valence-electron chi connectivity index (χ1n) is 6.78.